The lowest BCUT2D eigenvalue weighted by molar-refractivity contribution is -0.126. The molecule has 0 aliphatic carbocycles. The Morgan fingerprint density at radius 3 is 2.79 bits per heavy atom. The number of hydrogen-bond donors (Lipinski definition) is 2. The summed E-state index contributed by atoms with van der Waals surface area (Å²) in [5.41, 5.74) is -0.0112. The van der Waals surface area contributed by atoms with Crippen molar-refractivity contribution in [3.8, 4) is 6.07 Å². The molecule has 2 rings (SSSR count). The van der Waals surface area contributed by atoms with Crippen LogP contribution in [0.15, 0.2) is 18.2 Å². The van der Waals surface area contributed by atoms with Crippen molar-refractivity contribution in [3.05, 3.63) is 29.6 Å². The van der Waals surface area contributed by atoms with Crippen LogP contribution < -0.4 is 10.6 Å². The highest BCUT2D eigenvalue weighted by Gasteiger charge is 2.34. The van der Waals surface area contributed by atoms with E-state index in [1.165, 1.54) is 18.2 Å². The lowest BCUT2D eigenvalue weighted by atomic mass is 9.80. The Bertz CT molecular complexity index is 530. The van der Waals surface area contributed by atoms with Crippen LogP contribution in [-0.4, -0.2) is 19.0 Å². The summed E-state index contributed by atoms with van der Waals surface area (Å²) in [7, 11) is 0. The quantitative estimate of drug-likeness (QED) is 0.856. The molecule has 1 heterocycles. The van der Waals surface area contributed by atoms with Gasteiger partial charge in [0, 0.05) is 11.1 Å². The number of anilines is 1. The predicted octanol–water partition coefficient (Wildman–Crippen LogP) is 2.03. The van der Waals surface area contributed by atoms with Gasteiger partial charge >= 0.3 is 0 Å². The summed E-state index contributed by atoms with van der Waals surface area (Å²) in [5, 5.41) is 14.7. The number of nitrogens with zero attached hydrogens (tertiary/aromatic N) is 1. The van der Waals surface area contributed by atoms with Crippen molar-refractivity contribution in [2.45, 2.75) is 19.8 Å². The van der Waals surface area contributed by atoms with Gasteiger partial charge in [0.05, 0.1) is 5.56 Å². The predicted molar refractivity (Wildman–Crippen MR) is 70.0 cm³/mol. The molecule has 1 amide bonds. The molecule has 1 fully saturated rings. The van der Waals surface area contributed by atoms with E-state index >= 15 is 0 Å². The third kappa shape index (κ3) is 2.91. The van der Waals surface area contributed by atoms with Gasteiger partial charge in [-0.05, 0) is 44.1 Å². The van der Waals surface area contributed by atoms with Crippen LogP contribution in [-0.2, 0) is 4.79 Å². The third-order valence-corrected chi connectivity index (χ3v) is 3.60. The van der Waals surface area contributed by atoms with E-state index in [0.717, 1.165) is 25.9 Å². The Hall–Kier alpha value is -1.93. The van der Waals surface area contributed by atoms with Crippen molar-refractivity contribution >= 4 is 11.6 Å². The van der Waals surface area contributed by atoms with Crippen LogP contribution in [0, 0.1) is 22.6 Å². The molecule has 0 atom stereocenters. The summed E-state index contributed by atoms with van der Waals surface area (Å²) in [4.78, 5) is 12.3. The van der Waals surface area contributed by atoms with Crippen LogP contribution in [0.4, 0.5) is 10.1 Å². The van der Waals surface area contributed by atoms with Gasteiger partial charge in [-0.15, -0.1) is 0 Å². The maximum absolute atomic E-state index is 13.2. The van der Waals surface area contributed by atoms with E-state index in [4.69, 9.17) is 5.26 Å². The van der Waals surface area contributed by atoms with Crippen molar-refractivity contribution in [1.82, 2.24) is 5.32 Å². The molecule has 0 spiro atoms. The smallest absolute Gasteiger partial charge is 0.230 e. The molecule has 19 heavy (non-hydrogen) atoms. The fourth-order valence-electron chi connectivity index (χ4n) is 2.18. The number of nitrogens with one attached hydrogen (secondary N) is 2. The van der Waals surface area contributed by atoms with Gasteiger partial charge in [0.25, 0.3) is 0 Å². The zero-order valence-electron chi connectivity index (χ0n) is 10.8. The van der Waals surface area contributed by atoms with Gasteiger partial charge in [0.1, 0.15) is 11.9 Å². The highest BCUT2D eigenvalue weighted by molar-refractivity contribution is 5.95. The molecule has 2 N–H and O–H groups in total. The van der Waals surface area contributed by atoms with Crippen molar-refractivity contribution in [2.24, 2.45) is 5.41 Å². The average Bonchev–Trinajstić information content (AvgIpc) is 2.41. The van der Waals surface area contributed by atoms with Crippen LogP contribution >= 0.6 is 0 Å². The van der Waals surface area contributed by atoms with Crippen LogP contribution in [0.5, 0.6) is 0 Å². The molecule has 1 aromatic rings. The van der Waals surface area contributed by atoms with E-state index in [2.05, 4.69) is 10.6 Å². The first-order valence-electron chi connectivity index (χ1n) is 6.27. The van der Waals surface area contributed by atoms with Gasteiger partial charge in [-0.1, -0.05) is 6.92 Å². The number of carbonyl (C=O) groups excluding carboxylic acids is 1. The Balaban J connectivity index is 2.13. The second kappa shape index (κ2) is 5.37. The topological polar surface area (TPSA) is 64.9 Å². The molecule has 0 radical (unpaired) electrons. The molecule has 100 valence electrons. The number of benzene rings is 1. The Kier molecular flexibility index (Phi) is 3.82. The lowest BCUT2D eigenvalue weighted by Gasteiger charge is -2.32. The van der Waals surface area contributed by atoms with Gasteiger partial charge in [-0.25, -0.2) is 4.39 Å². The summed E-state index contributed by atoms with van der Waals surface area (Å²) < 4.78 is 13.2. The molecule has 1 saturated heterocycles. The van der Waals surface area contributed by atoms with E-state index in [1.54, 1.807) is 6.07 Å². The average molecular weight is 261 g/mol. The highest BCUT2D eigenvalue weighted by Crippen LogP contribution is 2.29. The maximum Gasteiger partial charge on any atom is 0.230 e. The molecule has 0 bridgehead atoms. The Labute approximate surface area is 111 Å². The normalized spacial score (nSPS) is 17.5. The number of amides is 1. The minimum Gasteiger partial charge on any atom is -0.326 e. The number of rotatable bonds is 2. The fraction of sp³-hybridized carbons (Fsp3) is 0.429. The number of nitriles is 1. The van der Waals surface area contributed by atoms with Crippen molar-refractivity contribution in [1.29, 1.82) is 5.26 Å². The first-order chi connectivity index (χ1) is 9.05. The number of piperidine rings is 1. The first-order valence-corrected chi connectivity index (χ1v) is 6.27. The molecule has 4 nitrogen and oxygen atoms in total. The van der Waals surface area contributed by atoms with Crippen LogP contribution in [0.3, 0.4) is 0 Å². The fourth-order valence-corrected chi connectivity index (χ4v) is 2.18. The van der Waals surface area contributed by atoms with Crippen LogP contribution in [0.25, 0.3) is 0 Å². The van der Waals surface area contributed by atoms with Crippen molar-refractivity contribution < 1.29 is 9.18 Å². The lowest BCUT2D eigenvalue weighted by Crippen LogP contribution is -2.42. The molecule has 0 aromatic heterocycles. The van der Waals surface area contributed by atoms with Crippen LogP contribution in [0.1, 0.15) is 25.3 Å². The summed E-state index contributed by atoms with van der Waals surface area (Å²) in [6, 6.07) is 5.78. The Morgan fingerprint density at radius 2 is 2.16 bits per heavy atom. The first kappa shape index (κ1) is 13.5. The van der Waals surface area contributed by atoms with E-state index < -0.39 is 11.2 Å². The zero-order valence-corrected chi connectivity index (χ0v) is 10.8. The molecule has 0 unspecified atom stereocenters. The minimum absolute atomic E-state index is 0.0618. The van der Waals surface area contributed by atoms with E-state index in [1.807, 2.05) is 6.92 Å². The third-order valence-electron chi connectivity index (χ3n) is 3.60. The van der Waals surface area contributed by atoms with Gasteiger partial charge in [0.15, 0.2) is 0 Å². The van der Waals surface area contributed by atoms with Gasteiger partial charge < -0.3 is 10.6 Å². The molecular formula is C14H16FN3O. The second-order valence-corrected chi connectivity index (χ2v) is 5.07. The van der Waals surface area contributed by atoms with E-state index in [-0.39, 0.29) is 11.5 Å². The molecule has 1 aliphatic heterocycles. The number of carbonyl (C=O) groups is 1. The van der Waals surface area contributed by atoms with Crippen LogP contribution in [0.2, 0.25) is 0 Å². The molecule has 1 aliphatic rings. The highest BCUT2D eigenvalue weighted by atomic mass is 19.1. The van der Waals surface area contributed by atoms with E-state index in [0.29, 0.717) is 5.69 Å². The zero-order chi connectivity index (χ0) is 13.9. The summed E-state index contributed by atoms with van der Waals surface area (Å²) in [5.74, 6) is -0.655. The molecule has 5 heteroatoms. The van der Waals surface area contributed by atoms with Gasteiger partial charge in [0.2, 0.25) is 5.91 Å². The SMILES string of the molecule is CC1(C(=O)Nc2ccc(F)c(C#N)c2)CCNCC1. The standard InChI is InChI=1S/C14H16FN3O/c1-14(4-6-17-7-5-14)13(19)18-11-2-3-12(15)10(8-11)9-16/h2-3,8,17H,4-7H2,1H3,(H,18,19). The molecule has 1 aromatic carbocycles. The number of hydrogen-bond acceptors (Lipinski definition) is 3. The van der Waals surface area contributed by atoms with Crippen molar-refractivity contribution in [2.75, 3.05) is 18.4 Å². The van der Waals surface area contributed by atoms with E-state index in [9.17, 15) is 9.18 Å². The van der Waals surface area contributed by atoms with Gasteiger partial charge in [-0.2, -0.15) is 5.26 Å². The summed E-state index contributed by atoms with van der Waals surface area (Å²) >= 11 is 0. The molecule has 0 saturated carbocycles. The monoisotopic (exact) mass is 261 g/mol. The van der Waals surface area contributed by atoms with Gasteiger partial charge in [-0.3, -0.25) is 4.79 Å². The second-order valence-electron chi connectivity index (χ2n) is 5.07. The maximum atomic E-state index is 13.2. The molecular weight excluding hydrogens is 245 g/mol. The largest absolute Gasteiger partial charge is 0.326 e. The number of halogens is 1. The Morgan fingerprint density at radius 1 is 1.47 bits per heavy atom. The summed E-state index contributed by atoms with van der Waals surface area (Å²) in [6.07, 6.45) is 1.54. The van der Waals surface area contributed by atoms with Crippen molar-refractivity contribution in [3.63, 3.8) is 0 Å². The minimum atomic E-state index is -0.575. The summed E-state index contributed by atoms with van der Waals surface area (Å²) in [6.45, 7) is 3.56.